The summed E-state index contributed by atoms with van der Waals surface area (Å²) < 4.78 is 0. The van der Waals surface area contributed by atoms with Gasteiger partial charge in [-0.05, 0) is 32.4 Å². The lowest BCUT2D eigenvalue weighted by molar-refractivity contribution is 1.000. The van der Waals surface area contributed by atoms with Crippen molar-refractivity contribution >= 4 is 11.6 Å². The molecule has 0 heterocycles. The van der Waals surface area contributed by atoms with Gasteiger partial charge in [-0.2, -0.15) is 0 Å². The Morgan fingerprint density at radius 3 is 2.69 bits per heavy atom. The fraction of sp³-hybridized carbons (Fsp3) is 0.308. The molecule has 0 amide bonds. The molecule has 0 saturated carbocycles. The number of hydrogen-bond donors (Lipinski definition) is 2. The highest BCUT2D eigenvalue weighted by atomic mass is 15.1. The third kappa shape index (κ3) is 4.64. The summed E-state index contributed by atoms with van der Waals surface area (Å²) in [7, 11) is 0. The Hall–Kier alpha value is -1.77. The lowest BCUT2D eigenvalue weighted by Crippen LogP contribution is -2.22. The fourth-order valence-corrected chi connectivity index (χ4v) is 1.25. The monoisotopic (exact) mass is 217 g/mol. The summed E-state index contributed by atoms with van der Waals surface area (Å²) in [5.41, 5.74) is 7.94. The number of nitrogens with one attached hydrogen (secondary N) is 1. The zero-order valence-electron chi connectivity index (χ0n) is 9.90. The summed E-state index contributed by atoms with van der Waals surface area (Å²) in [6.45, 7) is 4.77. The summed E-state index contributed by atoms with van der Waals surface area (Å²) in [5.74, 6) is 0.466. The average Bonchev–Trinajstić information content (AvgIpc) is 2.28. The first-order valence-electron chi connectivity index (χ1n) is 5.47. The van der Waals surface area contributed by atoms with Gasteiger partial charge in [-0.1, -0.05) is 29.8 Å². The number of aryl methyl sites for hydroxylation is 1. The smallest absolute Gasteiger partial charge is 0.193 e. The number of aliphatic imine (C=N–C) groups is 1. The van der Waals surface area contributed by atoms with Crippen LogP contribution in [0.25, 0.3) is 0 Å². The van der Waals surface area contributed by atoms with E-state index in [1.807, 2.05) is 37.3 Å². The first kappa shape index (κ1) is 12.3. The molecule has 0 aliphatic carbocycles. The predicted molar refractivity (Wildman–Crippen MR) is 70.7 cm³/mol. The van der Waals surface area contributed by atoms with Gasteiger partial charge in [0.25, 0.3) is 0 Å². The van der Waals surface area contributed by atoms with E-state index in [-0.39, 0.29) is 0 Å². The van der Waals surface area contributed by atoms with Crippen LogP contribution in [0.3, 0.4) is 0 Å². The standard InChI is InChI=1S/C13H19N3/c1-3-4-5-10-15-13(14)16-12-8-6-11(2)7-9-12/h3-4,6-9H,5,10H2,1-2H3,(H3,14,15,16). The molecule has 0 aromatic heterocycles. The van der Waals surface area contributed by atoms with E-state index in [4.69, 9.17) is 5.73 Å². The average molecular weight is 217 g/mol. The zero-order chi connectivity index (χ0) is 11.8. The van der Waals surface area contributed by atoms with Crippen LogP contribution in [0.4, 0.5) is 5.69 Å². The molecule has 0 atom stereocenters. The van der Waals surface area contributed by atoms with Crippen LogP contribution in [-0.2, 0) is 0 Å². The predicted octanol–water partition coefficient (Wildman–Crippen LogP) is 2.69. The second-order valence-corrected chi connectivity index (χ2v) is 3.62. The highest BCUT2D eigenvalue weighted by Gasteiger charge is 1.93. The van der Waals surface area contributed by atoms with Crippen LogP contribution in [0.5, 0.6) is 0 Å². The van der Waals surface area contributed by atoms with Gasteiger partial charge in [0.15, 0.2) is 5.96 Å². The molecular formula is C13H19N3. The molecule has 16 heavy (non-hydrogen) atoms. The number of rotatable bonds is 4. The normalized spacial score (nSPS) is 12.0. The first-order chi connectivity index (χ1) is 7.72. The van der Waals surface area contributed by atoms with Crippen molar-refractivity contribution in [1.29, 1.82) is 0 Å². The van der Waals surface area contributed by atoms with Gasteiger partial charge in [-0.15, -0.1) is 0 Å². The summed E-state index contributed by atoms with van der Waals surface area (Å²) >= 11 is 0. The summed E-state index contributed by atoms with van der Waals surface area (Å²) in [6.07, 6.45) is 5.01. The molecule has 0 radical (unpaired) electrons. The Labute approximate surface area is 97.1 Å². The fourth-order valence-electron chi connectivity index (χ4n) is 1.25. The topological polar surface area (TPSA) is 50.4 Å². The Bertz CT molecular complexity index is 363. The maximum Gasteiger partial charge on any atom is 0.193 e. The number of hydrogen-bond acceptors (Lipinski definition) is 1. The first-order valence-corrected chi connectivity index (χ1v) is 5.47. The van der Waals surface area contributed by atoms with Crippen LogP contribution in [0.2, 0.25) is 0 Å². The van der Waals surface area contributed by atoms with Gasteiger partial charge in [0.1, 0.15) is 0 Å². The SMILES string of the molecule is CC=CCCN=C(N)Nc1ccc(C)cc1. The minimum atomic E-state index is 0.466. The summed E-state index contributed by atoms with van der Waals surface area (Å²) in [5, 5.41) is 3.05. The lowest BCUT2D eigenvalue weighted by Gasteiger charge is -2.05. The highest BCUT2D eigenvalue weighted by molar-refractivity contribution is 5.92. The van der Waals surface area contributed by atoms with Crippen LogP contribution >= 0.6 is 0 Å². The Morgan fingerprint density at radius 2 is 2.06 bits per heavy atom. The van der Waals surface area contributed by atoms with E-state index in [1.165, 1.54) is 5.56 Å². The molecule has 86 valence electrons. The number of anilines is 1. The van der Waals surface area contributed by atoms with Crippen LogP contribution < -0.4 is 11.1 Å². The molecule has 0 aliphatic heterocycles. The molecule has 0 unspecified atom stereocenters. The third-order valence-corrected chi connectivity index (χ3v) is 2.14. The Kier molecular flexibility index (Phi) is 5.12. The van der Waals surface area contributed by atoms with Crippen LogP contribution in [0, 0.1) is 6.92 Å². The molecule has 3 heteroatoms. The molecule has 1 aromatic carbocycles. The minimum Gasteiger partial charge on any atom is -0.370 e. The molecule has 0 spiro atoms. The molecule has 1 aromatic rings. The van der Waals surface area contributed by atoms with E-state index in [9.17, 15) is 0 Å². The highest BCUT2D eigenvalue weighted by Crippen LogP contribution is 2.07. The lowest BCUT2D eigenvalue weighted by atomic mass is 10.2. The van der Waals surface area contributed by atoms with E-state index in [1.54, 1.807) is 0 Å². The van der Waals surface area contributed by atoms with Crippen molar-refractivity contribution in [3.05, 3.63) is 42.0 Å². The molecule has 0 aliphatic rings. The number of guanidine groups is 1. The van der Waals surface area contributed by atoms with E-state index < -0.39 is 0 Å². The molecular weight excluding hydrogens is 198 g/mol. The second kappa shape index (κ2) is 6.67. The third-order valence-electron chi connectivity index (χ3n) is 2.14. The molecule has 1 rings (SSSR count). The van der Waals surface area contributed by atoms with Crippen molar-refractivity contribution in [2.45, 2.75) is 20.3 Å². The van der Waals surface area contributed by atoms with Gasteiger partial charge >= 0.3 is 0 Å². The van der Waals surface area contributed by atoms with Crippen molar-refractivity contribution in [2.75, 3.05) is 11.9 Å². The van der Waals surface area contributed by atoms with Crippen molar-refractivity contribution in [2.24, 2.45) is 10.7 Å². The van der Waals surface area contributed by atoms with E-state index >= 15 is 0 Å². The van der Waals surface area contributed by atoms with Gasteiger partial charge in [-0.25, -0.2) is 0 Å². The van der Waals surface area contributed by atoms with Gasteiger partial charge in [0, 0.05) is 12.2 Å². The zero-order valence-corrected chi connectivity index (χ0v) is 9.90. The molecule has 0 fully saturated rings. The van der Waals surface area contributed by atoms with Crippen molar-refractivity contribution in [1.82, 2.24) is 0 Å². The maximum atomic E-state index is 5.74. The van der Waals surface area contributed by atoms with Crippen LogP contribution in [0.1, 0.15) is 18.9 Å². The summed E-state index contributed by atoms with van der Waals surface area (Å²) in [4.78, 5) is 4.21. The van der Waals surface area contributed by atoms with Crippen molar-refractivity contribution < 1.29 is 0 Å². The molecule has 3 N–H and O–H groups in total. The molecule has 0 bridgehead atoms. The van der Waals surface area contributed by atoms with Crippen LogP contribution in [-0.4, -0.2) is 12.5 Å². The van der Waals surface area contributed by atoms with Gasteiger partial charge in [0.2, 0.25) is 0 Å². The Balaban J connectivity index is 2.44. The van der Waals surface area contributed by atoms with Crippen molar-refractivity contribution in [3.8, 4) is 0 Å². The van der Waals surface area contributed by atoms with E-state index in [0.717, 1.165) is 18.7 Å². The van der Waals surface area contributed by atoms with Gasteiger partial charge in [0.05, 0.1) is 0 Å². The number of nitrogens with two attached hydrogens (primary N) is 1. The quantitative estimate of drug-likeness (QED) is 0.352. The number of benzene rings is 1. The van der Waals surface area contributed by atoms with Crippen molar-refractivity contribution in [3.63, 3.8) is 0 Å². The maximum absolute atomic E-state index is 5.74. The van der Waals surface area contributed by atoms with Gasteiger partial charge in [-0.3, -0.25) is 4.99 Å². The minimum absolute atomic E-state index is 0.466. The second-order valence-electron chi connectivity index (χ2n) is 3.62. The van der Waals surface area contributed by atoms with Crippen LogP contribution in [0.15, 0.2) is 41.4 Å². The number of allylic oxidation sites excluding steroid dienone is 1. The molecule has 0 saturated heterocycles. The van der Waals surface area contributed by atoms with Gasteiger partial charge < -0.3 is 11.1 Å². The van der Waals surface area contributed by atoms with E-state index in [0.29, 0.717) is 5.96 Å². The van der Waals surface area contributed by atoms with E-state index in [2.05, 4.69) is 23.3 Å². The summed E-state index contributed by atoms with van der Waals surface area (Å²) in [6, 6.07) is 8.05. The Morgan fingerprint density at radius 1 is 1.38 bits per heavy atom. The number of nitrogens with zero attached hydrogens (tertiary/aromatic N) is 1. The largest absolute Gasteiger partial charge is 0.370 e. The molecule has 3 nitrogen and oxygen atoms in total.